The second-order valence-electron chi connectivity index (χ2n) is 6.62. The first-order valence-electron chi connectivity index (χ1n) is 6.99. The van der Waals surface area contributed by atoms with Crippen LogP contribution in [-0.4, -0.2) is 44.7 Å². The molecule has 1 aromatic carbocycles. The Kier molecular flexibility index (Phi) is 4.57. The third-order valence-corrected chi connectivity index (χ3v) is 5.40. The van der Waals surface area contributed by atoms with Crippen LogP contribution in [0, 0.1) is 0 Å². The van der Waals surface area contributed by atoms with Crippen molar-refractivity contribution in [1.82, 2.24) is 9.88 Å². The quantitative estimate of drug-likeness (QED) is 0.852. The van der Waals surface area contributed by atoms with Gasteiger partial charge in [0.1, 0.15) is 10.4 Å². The van der Waals surface area contributed by atoms with Gasteiger partial charge in [-0.1, -0.05) is 32.4 Å². The Morgan fingerprint density at radius 2 is 1.91 bits per heavy atom. The molecule has 2 aromatic rings. The van der Waals surface area contributed by atoms with Crippen LogP contribution >= 0.6 is 11.6 Å². The number of aromatic nitrogens is 1. The van der Waals surface area contributed by atoms with Gasteiger partial charge in [0.05, 0.1) is 10.8 Å². The van der Waals surface area contributed by atoms with Crippen LogP contribution in [0.1, 0.15) is 26.7 Å². The Balaban J connectivity index is 2.62. The molecule has 0 radical (unpaired) electrons. The van der Waals surface area contributed by atoms with E-state index >= 15 is 0 Å². The molecule has 0 N–H and O–H groups in total. The van der Waals surface area contributed by atoms with Crippen LogP contribution in [0.3, 0.4) is 0 Å². The largest absolute Gasteiger partial charge is 0.439 e. The molecule has 22 heavy (non-hydrogen) atoms. The minimum absolute atomic E-state index is 0.0234. The van der Waals surface area contributed by atoms with E-state index < -0.39 is 9.84 Å². The smallest absolute Gasteiger partial charge is 0.200 e. The molecule has 0 amide bonds. The van der Waals surface area contributed by atoms with Crippen molar-refractivity contribution in [3.8, 4) is 0 Å². The highest BCUT2D eigenvalue weighted by Gasteiger charge is 2.28. The van der Waals surface area contributed by atoms with Crippen molar-refractivity contribution in [2.75, 3.05) is 26.4 Å². The van der Waals surface area contributed by atoms with Gasteiger partial charge in [0, 0.05) is 12.0 Å². The highest BCUT2D eigenvalue weighted by molar-refractivity contribution is 7.91. The van der Waals surface area contributed by atoms with Crippen molar-refractivity contribution in [3.63, 3.8) is 0 Å². The van der Waals surface area contributed by atoms with Crippen molar-refractivity contribution >= 4 is 32.5 Å². The average molecular weight is 345 g/mol. The fraction of sp³-hybridized carbons (Fsp3) is 0.533. The highest BCUT2D eigenvalue weighted by atomic mass is 35.5. The van der Waals surface area contributed by atoms with Gasteiger partial charge in [-0.05, 0) is 26.2 Å². The van der Waals surface area contributed by atoms with Gasteiger partial charge in [0.2, 0.25) is 5.89 Å². The fourth-order valence-corrected chi connectivity index (χ4v) is 4.06. The summed E-state index contributed by atoms with van der Waals surface area (Å²) in [6, 6.07) is 3.24. The molecule has 0 atom stereocenters. The summed E-state index contributed by atoms with van der Waals surface area (Å²) < 4.78 is 31.0. The van der Waals surface area contributed by atoms with Crippen molar-refractivity contribution in [1.29, 1.82) is 0 Å². The fourth-order valence-electron chi connectivity index (χ4n) is 1.96. The Labute approximate surface area is 136 Å². The number of nitrogens with zero attached hydrogens (tertiary/aromatic N) is 2. The van der Waals surface area contributed by atoms with E-state index in [1.165, 1.54) is 0 Å². The number of fused-ring (bicyclic) bond motifs is 1. The van der Waals surface area contributed by atoms with Gasteiger partial charge in [-0.2, -0.15) is 0 Å². The monoisotopic (exact) mass is 344 g/mol. The molecule has 0 bridgehead atoms. The molecule has 2 rings (SSSR count). The number of benzene rings is 1. The van der Waals surface area contributed by atoms with Crippen LogP contribution in [0.15, 0.2) is 21.4 Å². The van der Waals surface area contributed by atoms with E-state index in [-0.39, 0.29) is 26.7 Å². The van der Waals surface area contributed by atoms with E-state index in [4.69, 9.17) is 16.0 Å². The van der Waals surface area contributed by atoms with Gasteiger partial charge in [-0.15, -0.1) is 0 Å². The van der Waals surface area contributed by atoms with Gasteiger partial charge in [0.15, 0.2) is 15.4 Å². The van der Waals surface area contributed by atoms with E-state index in [0.717, 1.165) is 0 Å². The normalized spacial score (nSPS) is 13.2. The second kappa shape index (κ2) is 5.83. The number of rotatable bonds is 4. The zero-order chi connectivity index (χ0) is 16.7. The molecule has 122 valence electrons. The zero-order valence-corrected chi connectivity index (χ0v) is 15.0. The molecule has 0 aliphatic rings. The Morgan fingerprint density at radius 3 is 2.45 bits per heavy atom. The third kappa shape index (κ3) is 3.45. The molecule has 0 fully saturated rings. The first-order chi connectivity index (χ1) is 10.0. The Hall–Kier alpha value is -1.11. The molecule has 1 aromatic heterocycles. The van der Waals surface area contributed by atoms with Crippen LogP contribution in [0.25, 0.3) is 11.1 Å². The Bertz CT molecular complexity index is 789. The lowest BCUT2D eigenvalue weighted by atomic mass is 9.97. The van der Waals surface area contributed by atoms with Gasteiger partial charge in [-0.25, -0.2) is 13.4 Å². The molecule has 0 saturated heterocycles. The average Bonchev–Trinajstić information content (AvgIpc) is 2.79. The van der Waals surface area contributed by atoms with Crippen LogP contribution in [0.5, 0.6) is 0 Å². The maximum absolute atomic E-state index is 12.6. The topological polar surface area (TPSA) is 63.4 Å². The number of halogens is 1. The molecule has 0 aliphatic heterocycles. The summed E-state index contributed by atoms with van der Waals surface area (Å²) >= 11 is 6.15. The molecule has 5 nitrogen and oxygen atoms in total. The van der Waals surface area contributed by atoms with Crippen LogP contribution in [0.2, 0.25) is 5.02 Å². The van der Waals surface area contributed by atoms with E-state index in [1.54, 1.807) is 12.1 Å². The first kappa shape index (κ1) is 17.2. The number of oxazole rings is 1. The predicted octanol–water partition coefficient (Wildman–Crippen LogP) is 3.11. The summed E-state index contributed by atoms with van der Waals surface area (Å²) in [5.74, 6) is 0.471. The number of hydrogen-bond donors (Lipinski definition) is 0. The van der Waals surface area contributed by atoms with Crippen molar-refractivity contribution in [2.45, 2.75) is 31.1 Å². The number of sulfone groups is 1. The second-order valence-corrected chi connectivity index (χ2v) is 9.07. The van der Waals surface area contributed by atoms with E-state index in [1.807, 2.05) is 39.8 Å². The number of hydrogen-bond acceptors (Lipinski definition) is 5. The molecule has 0 aliphatic carbocycles. The van der Waals surface area contributed by atoms with E-state index in [0.29, 0.717) is 18.0 Å². The molecule has 1 heterocycles. The summed E-state index contributed by atoms with van der Waals surface area (Å²) in [6.45, 7) is 6.29. The lowest BCUT2D eigenvalue weighted by molar-refractivity contribution is 0.408. The summed E-state index contributed by atoms with van der Waals surface area (Å²) in [7, 11) is 0.0944. The lowest BCUT2D eigenvalue weighted by Crippen LogP contribution is -2.22. The minimum atomic E-state index is -3.55. The van der Waals surface area contributed by atoms with E-state index in [2.05, 4.69) is 4.98 Å². The summed E-state index contributed by atoms with van der Waals surface area (Å²) in [5.41, 5.74) is 0.449. The summed E-state index contributed by atoms with van der Waals surface area (Å²) in [5, 5.41) is 0.169. The SMILES string of the molecule is CN(C)CCS(=O)(=O)c1c(Cl)ccc2nc(C(C)(C)C)oc12. The maximum Gasteiger partial charge on any atom is 0.200 e. The molecular weight excluding hydrogens is 324 g/mol. The molecule has 0 saturated carbocycles. The van der Waals surface area contributed by atoms with E-state index in [9.17, 15) is 8.42 Å². The minimum Gasteiger partial charge on any atom is -0.439 e. The van der Waals surface area contributed by atoms with Crippen molar-refractivity contribution < 1.29 is 12.8 Å². The van der Waals surface area contributed by atoms with Crippen molar-refractivity contribution in [3.05, 3.63) is 23.0 Å². The Morgan fingerprint density at radius 1 is 1.27 bits per heavy atom. The predicted molar refractivity (Wildman–Crippen MR) is 88.3 cm³/mol. The molecule has 7 heteroatoms. The van der Waals surface area contributed by atoms with Crippen LogP contribution in [-0.2, 0) is 15.3 Å². The van der Waals surface area contributed by atoms with Gasteiger partial charge >= 0.3 is 0 Å². The van der Waals surface area contributed by atoms with Crippen LogP contribution in [0.4, 0.5) is 0 Å². The van der Waals surface area contributed by atoms with Gasteiger partial charge < -0.3 is 9.32 Å². The van der Waals surface area contributed by atoms with Crippen LogP contribution < -0.4 is 0 Å². The zero-order valence-electron chi connectivity index (χ0n) is 13.5. The molecule has 0 unspecified atom stereocenters. The van der Waals surface area contributed by atoms with Gasteiger partial charge in [0.25, 0.3) is 0 Å². The highest BCUT2D eigenvalue weighted by Crippen LogP contribution is 2.34. The standard InChI is InChI=1S/C15H21ClN2O3S/c1-15(2,3)14-17-11-7-6-10(16)13(12(11)21-14)22(19,20)9-8-18(4)5/h6-7H,8-9H2,1-5H3. The van der Waals surface area contributed by atoms with Gasteiger partial charge in [-0.3, -0.25) is 0 Å². The molecular formula is C15H21ClN2O3S. The third-order valence-electron chi connectivity index (χ3n) is 3.22. The maximum atomic E-state index is 12.6. The first-order valence-corrected chi connectivity index (χ1v) is 9.02. The summed E-state index contributed by atoms with van der Waals surface area (Å²) in [4.78, 5) is 6.24. The molecule has 0 spiro atoms. The lowest BCUT2D eigenvalue weighted by Gasteiger charge is -2.12. The van der Waals surface area contributed by atoms with Crippen molar-refractivity contribution in [2.24, 2.45) is 0 Å². The summed E-state index contributed by atoms with van der Waals surface area (Å²) in [6.07, 6.45) is 0.